The number of hydrogen-bond acceptors (Lipinski definition) is 5. The van der Waals surface area contributed by atoms with Gasteiger partial charge in [-0.25, -0.2) is 4.79 Å². The summed E-state index contributed by atoms with van der Waals surface area (Å²) in [6.07, 6.45) is 2.35. The van der Waals surface area contributed by atoms with Crippen LogP contribution in [-0.4, -0.2) is 29.3 Å². The van der Waals surface area contributed by atoms with Crippen molar-refractivity contribution in [2.75, 3.05) is 28.6 Å². The second-order valence-corrected chi connectivity index (χ2v) is 6.51. The van der Waals surface area contributed by atoms with Crippen LogP contribution in [0.15, 0.2) is 18.2 Å². The van der Waals surface area contributed by atoms with Crippen molar-refractivity contribution in [3.05, 3.63) is 28.8 Å². The van der Waals surface area contributed by atoms with E-state index in [1.807, 2.05) is 13.0 Å². The molecule has 1 aliphatic rings. The van der Waals surface area contributed by atoms with Gasteiger partial charge in [0.2, 0.25) is 10.3 Å². The van der Waals surface area contributed by atoms with Crippen molar-refractivity contribution in [2.45, 2.75) is 19.8 Å². The number of aromatic nitrogens is 2. The lowest BCUT2D eigenvalue weighted by Crippen LogP contribution is -2.19. The zero-order valence-corrected chi connectivity index (χ0v) is 13.7. The molecule has 0 bridgehead atoms. The van der Waals surface area contributed by atoms with E-state index >= 15 is 0 Å². The van der Waals surface area contributed by atoms with Crippen LogP contribution in [0, 0.1) is 6.92 Å². The molecule has 116 valence electrons. The monoisotopic (exact) mass is 337 g/mol. The Labute approximate surface area is 137 Å². The molecule has 3 rings (SSSR count). The molecular weight excluding hydrogens is 322 g/mol. The van der Waals surface area contributed by atoms with Crippen molar-refractivity contribution < 1.29 is 4.79 Å². The number of benzene rings is 1. The molecule has 0 aliphatic carbocycles. The van der Waals surface area contributed by atoms with Crippen molar-refractivity contribution in [3.8, 4) is 0 Å². The number of amides is 2. The first-order valence-electron chi connectivity index (χ1n) is 7.04. The lowest BCUT2D eigenvalue weighted by molar-refractivity contribution is 0.262. The number of nitrogens with zero attached hydrogens (tertiary/aromatic N) is 3. The van der Waals surface area contributed by atoms with E-state index in [1.165, 1.54) is 24.2 Å². The summed E-state index contributed by atoms with van der Waals surface area (Å²) in [7, 11) is 0. The van der Waals surface area contributed by atoms with Crippen LogP contribution in [0.2, 0.25) is 5.02 Å². The fourth-order valence-electron chi connectivity index (χ4n) is 2.27. The van der Waals surface area contributed by atoms with Crippen LogP contribution in [-0.2, 0) is 0 Å². The summed E-state index contributed by atoms with van der Waals surface area (Å²) >= 11 is 7.47. The van der Waals surface area contributed by atoms with Gasteiger partial charge in [0.1, 0.15) is 0 Å². The Kier molecular flexibility index (Phi) is 4.44. The summed E-state index contributed by atoms with van der Waals surface area (Å²) in [6.45, 7) is 3.94. The first-order chi connectivity index (χ1) is 10.6. The number of nitrogens with one attached hydrogen (secondary N) is 2. The summed E-state index contributed by atoms with van der Waals surface area (Å²) in [5.74, 6) is 0. The Balaban J connectivity index is 1.61. The maximum atomic E-state index is 12.0. The summed E-state index contributed by atoms with van der Waals surface area (Å²) < 4.78 is 0. The van der Waals surface area contributed by atoms with Crippen molar-refractivity contribution >= 4 is 44.9 Å². The number of aryl methyl sites for hydroxylation is 1. The number of urea groups is 1. The Morgan fingerprint density at radius 3 is 2.77 bits per heavy atom. The van der Waals surface area contributed by atoms with E-state index in [4.69, 9.17) is 11.6 Å². The van der Waals surface area contributed by atoms with Gasteiger partial charge in [-0.2, -0.15) is 0 Å². The van der Waals surface area contributed by atoms with Crippen molar-refractivity contribution in [1.29, 1.82) is 0 Å². The molecule has 1 aromatic heterocycles. The fourth-order valence-corrected chi connectivity index (χ4v) is 3.35. The smallest absolute Gasteiger partial charge is 0.325 e. The molecule has 0 atom stereocenters. The highest BCUT2D eigenvalue weighted by atomic mass is 35.5. The van der Waals surface area contributed by atoms with Crippen molar-refractivity contribution in [1.82, 2.24) is 10.2 Å². The third-order valence-corrected chi connectivity index (χ3v) is 4.60. The summed E-state index contributed by atoms with van der Waals surface area (Å²) in [6, 6.07) is 5.08. The number of hydrogen-bond donors (Lipinski definition) is 2. The first-order valence-corrected chi connectivity index (χ1v) is 8.24. The molecule has 2 aromatic rings. The van der Waals surface area contributed by atoms with Gasteiger partial charge in [-0.3, -0.25) is 5.32 Å². The van der Waals surface area contributed by atoms with Crippen LogP contribution in [0.1, 0.15) is 18.4 Å². The Morgan fingerprint density at radius 2 is 2.05 bits per heavy atom. The predicted octanol–water partition coefficient (Wildman–Crippen LogP) is 3.74. The molecule has 2 heterocycles. The second kappa shape index (κ2) is 6.50. The average Bonchev–Trinajstić information content (AvgIpc) is 3.12. The molecule has 8 heteroatoms. The van der Waals surface area contributed by atoms with E-state index in [-0.39, 0.29) is 6.03 Å². The average molecular weight is 338 g/mol. The highest BCUT2D eigenvalue weighted by Crippen LogP contribution is 2.27. The van der Waals surface area contributed by atoms with Gasteiger partial charge in [0.05, 0.1) is 10.7 Å². The molecular formula is C14H16ClN5OS. The minimum atomic E-state index is -0.380. The molecule has 0 spiro atoms. The summed E-state index contributed by atoms with van der Waals surface area (Å²) in [4.78, 5) is 14.2. The molecule has 0 unspecified atom stereocenters. The van der Waals surface area contributed by atoms with Crippen LogP contribution in [0.4, 0.5) is 20.7 Å². The van der Waals surface area contributed by atoms with Crippen molar-refractivity contribution in [3.63, 3.8) is 0 Å². The fraction of sp³-hybridized carbons (Fsp3) is 0.357. The number of carbonyl (C=O) groups excluding carboxylic acids is 1. The van der Waals surface area contributed by atoms with Crippen LogP contribution in [0.25, 0.3) is 0 Å². The molecule has 1 saturated heterocycles. The van der Waals surface area contributed by atoms with E-state index in [0.29, 0.717) is 15.8 Å². The molecule has 1 fully saturated rings. The third kappa shape index (κ3) is 3.48. The van der Waals surface area contributed by atoms with E-state index in [2.05, 4.69) is 25.7 Å². The van der Waals surface area contributed by atoms with Crippen molar-refractivity contribution in [2.24, 2.45) is 0 Å². The normalized spacial score (nSPS) is 14.2. The standard InChI is InChI=1S/C14H16ClN5OS/c1-9-4-5-11(10(15)8-9)16-12(21)17-13-18-19-14(22-13)20-6-2-3-7-20/h4-5,8H,2-3,6-7H2,1H3,(H2,16,17,18,21). The van der Waals surface area contributed by atoms with E-state index < -0.39 is 0 Å². The number of rotatable bonds is 3. The van der Waals surface area contributed by atoms with Gasteiger partial charge in [-0.15, -0.1) is 10.2 Å². The van der Waals surface area contributed by atoms with Gasteiger partial charge < -0.3 is 10.2 Å². The molecule has 2 amide bonds. The lowest BCUT2D eigenvalue weighted by atomic mass is 10.2. The Morgan fingerprint density at radius 1 is 1.27 bits per heavy atom. The zero-order valence-electron chi connectivity index (χ0n) is 12.1. The van der Waals surface area contributed by atoms with Gasteiger partial charge in [0, 0.05) is 13.1 Å². The topological polar surface area (TPSA) is 70.1 Å². The van der Waals surface area contributed by atoms with Crippen LogP contribution < -0.4 is 15.5 Å². The number of halogens is 1. The molecule has 0 saturated carbocycles. The van der Waals surface area contributed by atoms with Crippen LogP contribution in [0.5, 0.6) is 0 Å². The molecule has 1 aliphatic heterocycles. The van der Waals surface area contributed by atoms with Crippen LogP contribution in [0.3, 0.4) is 0 Å². The molecule has 1 aromatic carbocycles. The molecule has 6 nitrogen and oxygen atoms in total. The minimum absolute atomic E-state index is 0.380. The molecule has 0 radical (unpaired) electrons. The Bertz CT molecular complexity index is 684. The maximum absolute atomic E-state index is 12.0. The highest BCUT2D eigenvalue weighted by Gasteiger charge is 2.17. The van der Waals surface area contributed by atoms with Gasteiger partial charge in [-0.1, -0.05) is 29.0 Å². The largest absolute Gasteiger partial charge is 0.347 e. The minimum Gasteiger partial charge on any atom is -0.347 e. The van der Waals surface area contributed by atoms with Gasteiger partial charge in [0.25, 0.3) is 0 Å². The Hall–Kier alpha value is -1.86. The first kappa shape index (κ1) is 15.1. The van der Waals surface area contributed by atoms with Gasteiger partial charge >= 0.3 is 6.03 Å². The van der Waals surface area contributed by atoms with E-state index in [9.17, 15) is 4.79 Å². The highest BCUT2D eigenvalue weighted by molar-refractivity contribution is 7.19. The second-order valence-electron chi connectivity index (χ2n) is 5.15. The SMILES string of the molecule is Cc1ccc(NC(=O)Nc2nnc(N3CCCC3)s2)c(Cl)c1. The van der Waals surface area contributed by atoms with E-state index in [1.54, 1.807) is 12.1 Å². The third-order valence-electron chi connectivity index (χ3n) is 3.38. The zero-order chi connectivity index (χ0) is 15.5. The van der Waals surface area contributed by atoms with E-state index in [0.717, 1.165) is 23.8 Å². The van der Waals surface area contributed by atoms with Gasteiger partial charge in [-0.05, 0) is 37.5 Å². The molecule has 2 N–H and O–H groups in total. The quantitative estimate of drug-likeness (QED) is 0.895. The summed E-state index contributed by atoms with van der Waals surface area (Å²) in [5, 5.41) is 15.3. The number of carbonyl (C=O) groups is 1. The van der Waals surface area contributed by atoms with Gasteiger partial charge in [0.15, 0.2) is 0 Å². The maximum Gasteiger partial charge on any atom is 0.325 e. The molecule has 22 heavy (non-hydrogen) atoms. The lowest BCUT2D eigenvalue weighted by Gasteiger charge is -2.11. The predicted molar refractivity (Wildman–Crippen MR) is 90.2 cm³/mol. The van der Waals surface area contributed by atoms with Crippen LogP contribution >= 0.6 is 22.9 Å². The summed E-state index contributed by atoms with van der Waals surface area (Å²) in [5.41, 5.74) is 1.60. The number of anilines is 3.